The molecule has 0 aliphatic carbocycles. The van der Waals surface area contributed by atoms with Crippen LogP contribution in [0.15, 0.2) is 0 Å². The van der Waals surface area contributed by atoms with Gasteiger partial charge in [-0.15, -0.1) is 0 Å². The summed E-state index contributed by atoms with van der Waals surface area (Å²) >= 11 is 0. The molecule has 2 atom stereocenters. The number of hydrogen-bond donors (Lipinski definition) is 2. The maximum atomic E-state index is 12.0. The standard InChI is InChI=1S/C4H11FN2/c1-3(5)4(2)7-6/h3-4,7H,6H2,1-2H3. The molecule has 0 aromatic rings. The number of hydrazine groups is 1. The first-order valence-corrected chi connectivity index (χ1v) is 2.28. The molecule has 7 heavy (non-hydrogen) atoms. The van der Waals surface area contributed by atoms with Crippen molar-refractivity contribution in [3.8, 4) is 0 Å². The van der Waals surface area contributed by atoms with Gasteiger partial charge in [0, 0.05) is 6.04 Å². The maximum Gasteiger partial charge on any atom is 0.114 e. The van der Waals surface area contributed by atoms with E-state index < -0.39 is 6.17 Å². The summed E-state index contributed by atoms with van der Waals surface area (Å²) < 4.78 is 12.0. The largest absolute Gasteiger partial charge is 0.271 e. The minimum atomic E-state index is -0.870. The molecule has 0 aliphatic heterocycles. The first-order valence-electron chi connectivity index (χ1n) is 2.28. The average Bonchev–Trinajstić information content (AvgIpc) is 1.65. The molecule has 0 aromatic carbocycles. The van der Waals surface area contributed by atoms with E-state index in [2.05, 4.69) is 5.43 Å². The molecule has 3 N–H and O–H groups in total. The maximum absolute atomic E-state index is 12.0. The lowest BCUT2D eigenvalue weighted by molar-refractivity contribution is 0.284. The van der Waals surface area contributed by atoms with E-state index in [-0.39, 0.29) is 6.04 Å². The predicted octanol–water partition coefficient (Wildman–Crippen LogP) is 0.196. The SMILES string of the molecule is CC(F)C(C)NN. The van der Waals surface area contributed by atoms with Gasteiger partial charge in [0.25, 0.3) is 0 Å². The molecule has 0 bridgehead atoms. The van der Waals surface area contributed by atoms with Gasteiger partial charge in [0.1, 0.15) is 6.17 Å². The molecule has 0 aromatic heterocycles. The first-order chi connectivity index (χ1) is 3.18. The Morgan fingerprint density at radius 2 is 2.00 bits per heavy atom. The van der Waals surface area contributed by atoms with Gasteiger partial charge in [-0.2, -0.15) is 0 Å². The monoisotopic (exact) mass is 106 g/mol. The van der Waals surface area contributed by atoms with Crippen LogP contribution in [0.1, 0.15) is 13.8 Å². The van der Waals surface area contributed by atoms with E-state index in [1.165, 1.54) is 6.92 Å². The van der Waals surface area contributed by atoms with Gasteiger partial charge in [-0.25, -0.2) is 4.39 Å². The molecule has 2 unspecified atom stereocenters. The average molecular weight is 106 g/mol. The highest BCUT2D eigenvalue weighted by Gasteiger charge is 2.05. The Morgan fingerprint density at radius 1 is 1.57 bits per heavy atom. The van der Waals surface area contributed by atoms with Crippen molar-refractivity contribution < 1.29 is 4.39 Å². The number of hydrogen-bond acceptors (Lipinski definition) is 2. The topological polar surface area (TPSA) is 38.0 Å². The van der Waals surface area contributed by atoms with Gasteiger partial charge in [0.05, 0.1) is 0 Å². The van der Waals surface area contributed by atoms with Crippen LogP contribution in [-0.2, 0) is 0 Å². The lowest BCUT2D eigenvalue weighted by atomic mass is 10.2. The summed E-state index contributed by atoms with van der Waals surface area (Å²) in [7, 11) is 0. The van der Waals surface area contributed by atoms with Crippen LogP contribution < -0.4 is 11.3 Å². The summed E-state index contributed by atoms with van der Waals surface area (Å²) in [6.07, 6.45) is -0.870. The quantitative estimate of drug-likeness (QED) is 0.389. The summed E-state index contributed by atoms with van der Waals surface area (Å²) in [6.45, 7) is 3.15. The third-order valence-corrected chi connectivity index (χ3v) is 0.952. The Morgan fingerprint density at radius 3 is 2.00 bits per heavy atom. The van der Waals surface area contributed by atoms with E-state index in [1.54, 1.807) is 6.92 Å². The van der Waals surface area contributed by atoms with E-state index in [0.717, 1.165) is 0 Å². The van der Waals surface area contributed by atoms with Gasteiger partial charge in [0.15, 0.2) is 0 Å². The number of nitrogens with two attached hydrogens (primary N) is 1. The molecule has 2 nitrogen and oxygen atoms in total. The predicted molar refractivity (Wildman–Crippen MR) is 27.4 cm³/mol. The molecule has 0 rings (SSSR count). The Bertz CT molecular complexity index is 47.0. The zero-order valence-electron chi connectivity index (χ0n) is 4.61. The second-order valence-electron chi connectivity index (χ2n) is 1.63. The number of nitrogens with one attached hydrogen (secondary N) is 1. The van der Waals surface area contributed by atoms with E-state index >= 15 is 0 Å². The molecule has 0 spiro atoms. The Kier molecular flexibility index (Phi) is 2.87. The fraction of sp³-hybridized carbons (Fsp3) is 1.00. The molecular weight excluding hydrogens is 95.1 g/mol. The van der Waals surface area contributed by atoms with Crippen molar-refractivity contribution >= 4 is 0 Å². The normalized spacial score (nSPS) is 18.9. The van der Waals surface area contributed by atoms with Crippen LogP contribution in [0.4, 0.5) is 4.39 Å². The minimum Gasteiger partial charge on any atom is -0.271 e. The van der Waals surface area contributed by atoms with Crippen molar-refractivity contribution in [2.75, 3.05) is 0 Å². The van der Waals surface area contributed by atoms with Crippen LogP contribution in [-0.4, -0.2) is 12.2 Å². The summed E-state index contributed by atoms with van der Waals surface area (Å²) in [6, 6.07) is -0.236. The second-order valence-corrected chi connectivity index (χ2v) is 1.63. The first kappa shape index (κ1) is 6.85. The van der Waals surface area contributed by atoms with Crippen molar-refractivity contribution in [1.82, 2.24) is 5.43 Å². The van der Waals surface area contributed by atoms with Crippen LogP contribution in [0.5, 0.6) is 0 Å². The smallest absolute Gasteiger partial charge is 0.114 e. The zero-order valence-corrected chi connectivity index (χ0v) is 4.61. The Labute approximate surface area is 42.9 Å². The van der Waals surface area contributed by atoms with Crippen LogP contribution in [0.2, 0.25) is 0 Å². The Balaban J connectivity index is 3.14. The van der Waals surface area contributed by atoms with Crippen LogP contribution >= 0.6 is 0 Å². The third-order valence-electron chi connectivity index (χ3n) is 0.952. The summed E-state index contributed by atoms with van der Waals surface area (Å²) in [5.74, 6) is 4.88. The lowest BCUT2D eigenvalue weighted by Gasteiger charge is -2.08. The fourth-order valence-electron chi connectivity index (χ4n) is 0.133. The van der Waals surface area contributed by atoms with Crippen molar-refractivity contribution in [2.45, 2.75) is 26.1 Å². The van der Waals surface area contributed by atoms with Gasteiger partial charge >= 0.3 is 0 Å². The van der Waals surface area contributed by atoms with Crippen molar-refractivity contribution in [1.29, 1.82) is 0 Å². The summed E-state index contributed by atoms with van der Waals surface area (Å²) in [5.41, 5.74) is 2.29. The highest BCUT2D eigenvalue weighted by molar-refractivity contribution is 4.61. The minimum absolute atomic E-state index is 0.236. The van der Waals surface area contributed by atoms with Gasteiger partial charge in [0.2, 0.25) is 0 Å². The number of halogens is 1. The van der Waals surface area contributed by atoms with Gasteiger partial charge in [-0.1, -0.05) is 0 Å². The highest BCUT2D eigenvalue weighted by Crippen LogP contribution is 1.92. The van der Waals surface area contributed by atoms with Crippen molar-refractivity contribution in [2.24, 2.45) is 5.84 Å². The molecule has 0 amide bonds. The van der Waals surface area contributed by atoms with E-state index in [4.69, 9.17) is 5.84 Å². The second kappa shape index (κ2) is 2.93. The lowest BCUT2D eigenvalue weighted by Crippen LogP contribution is -2.38. The van der Waals surface area contributed by atoms with Crippen LogP contribution in [0.3, 0.4) is 0 Å². The van der Waals surface area contributed by atoms with Crippen molar-refractivity contribution in [3.05, 3.63) is 0 Å². The molecule has 0 radical (unpaired) electrons. The molecule has 0 aliphatic rings. The molecular formula is C4H11FN2. The van der Waals surface area contributed by atoms with Crippen molar-refractivity contribution in [3.63, 3.8) is 0 Å². The molecule has 0 heterocycles. The van der Waals surface area contributed by atoms with Gasteiger partial charge < -0.3 is 0 Å². The molecule has 44 valence electrons. The fourth-order valence-corrected chi connectivity index (χ4v) is 0.133. The van der Waals surface area contributed by atoms with Crippen LogP contribution in [0, 0.1) is 0 Å². The Hall–Kier alpha value is -0.150. The van der Waals surface area contributed by atoms with E-state index in [9.17, 15) is 4.39 Å². The molecule has 0 saturated heterocycles. The molecule has 0 saturated carbocycles. The third kappa shape index (κ3) is 2.53. The summed E-state index contributed by atoms with van der Waals surface area (Å²) in [4.78, 5) is 0. The van der Waals surface area contributed by atoms with Gasteiger partial charge in [-0.05, 0) is 13.8 Å². The van der Waals surface area contributed by atoms with E-state index in [1.807, 2.05) is 0 Å². The van der Waals surface area contributed by atoms with Crippen LogP contribution in [0.25, 0.3) is 0 Å². The molecule has 3 heteroatoms. The van der Waals surface area contributed by atoms with E-state index in [0.29, 0.717) is 0 Å². The zero-order chi connectivity index (χ0) is 5.86. The molecule has 0 fully saturated rings. The summed E-state index contributed by atoms with van der Waals surface area (Å²) in [5, 5.41) is 0. The number of alkyl halides is 1. The number of rotatable bonds is 2. The highest BCUT2D eigenvalue weighted by atomic mass is 19.1. The van der Waals surface area contributed by atoms with Gasteiger partial charge in [-0.3, -0.25) is 11.3 Å².